The number of carboxylic acid groups (broad SMARTS) is 1. The van der Waals surface area contributed by atoms with Gasteiger partial charge in [-0.05, 0) is 28.1 Å². The number of ether oxygens (including phenoxy) is 1. The molecule has 0 radical (unpaired) electrons. The number of carbonyl (C=O) groups is 1. The third kappa shape index (κ3) is 2.74. The van der Waals surface area contributed by atoms with Crippen molar-refractivity contribution in [1.82, 2.24) is 5.16 Å². The fourth-order valence-electron chi connectivity index (χ4n) is 1.73. The van der Waals surface area contributed by atoms with Gasteiger partial charge >= 0.3 is 5.97 Å². The standard InChI is InChI=1S/C13H10BrNO4S/c14-9-3-7(10-4-11(13(16)17)19-15-10)1-2-12(9)20-8-5-18-6-8/h1-4,8H,5-6H2,(H,16,17). The van der Waals surface area contributed by atoms with Crippen molar-refractivity contribution in [1.29, 1.82) is 0 Å². The third-order valence-electron chi connectivity index (χ3n) is 2.85. The van der Waals surface area contributed by atoms with Crippen LogP contribution in [0.25, 0.3) is 11.3 Å². The summed E-state index contributed by atoms with van der Waals surface area (Å²) in [5.74, 6) is -1.29. The molecule has 0 amide bonds. The molecule has 1 aromatic carbocycles. The summed E-state index contributed by atoms with van der Waals surface area (Å²) in [6.07, 6.45) is 0. The summed E-state index contributed by atoms with van der Waals surface area (Å²) in [7, 11) is 0. The van der Waals surface area contributed by atoms with Crippen molar-refractivity contribution in [3.05, 3.63) is 34.5 Å². The van der Waals surface area contributed by atoms with E-state index >= 15 is 0 Å². The summed E-state index contributed by atoms with van der Waals surface area (Å²) in [6, 6.07) is 7.20. The molecular weight excluding hydrogens is 346 g/mol. The van der Waals surface area contributed by atoms with Crippen LogP contribution in [0.15, 0.2) is 38.2 Å². The maximum Gasteiger partial charge on any atom is 0.374 e. The molecule has 0 bridgehead atoms. The molecule has 0 aliphatic carbocycles. The Kier molecular flexibility index (Phi) is 3.82. The van der Waals surface area contributed by atoms with Crippen molar-refractivity contribution < 1.29 is 19.2 Å². The highest BCUT2D eigenvalue weighted by Gasteiger charge is 2.21. The molecule has 0 saturated carbocycles. The number of halogens is 1. The molecule has 20 heavy (non-hydrogen) atoms. The Morgan fingerprint density at radius 2 is 2.20 bits per heavy atom. The van der Waals surface area contributed by atoms with E-state index in [1.165, 1.54) is 6.07 Å². The molecule has 104 valence electrons. The smallest absolute Gasteiger partial charge is 0.374 e. The molecular formula is C13H10BrNO4S. The van der Waals surface area contributed by atoms with Gasteiger partial charge in [0.15, 0.2) is 0 Å². The maximum atomic E-state index is 10.8. The monoisotopic (exact) mass is 355 g/mol. The van der Waals surface area contributed by atoms with E-state index in [0.29, 0.717) is 10.9 Å². The van der Waals surface area contributed by atoms with Crippen molar-refractivity contribution >= 4 is 33.7 Å². The molecule has 0 atom stereocenters. The zero-order valence-electron chi connectivity index (χ0n) is 10.2. The first-order valence-electron chi connectivity index (χ1n) is 5.88. The molecule has 0 spiro atoms. The molecule has 1 saturated heterocycles. The minimum atomic E-state index is -1.13. The van der Waals surface area contributed by atoms with E-state index in [4.69, 9.17) is 14.4 Å². The third-order valence-corrected chi connectivity index (χ3v) is 4.98. The first kappa shape index (κ1) is 13.7. The summed E-state index contributed by atoms with van der Waals surface area (Å²) >= 11 is 5.29. The lowest BCUT2D eigenvalue weighted by molar-refractivity contribution is 0.0455. The average Bonchev–Trinajstić information content (AvgIpc) is 2.84. The lowest BCUT2D eigenvalue weighted by Gasteiger charge is -2.25. The van der Waals surface area contributed by atoms with Crippen molar-refractivity contribution in [2.75, 3.05) is 13.2 Å². The average molecular weight is 356 g/mol. The molecule has 2 heterocycles. The zero-order chi connectivity index (χ0) is 14.1. The number of aromatic nitrogens is 1. The quantitative estimate of drug-likeness (QED) is 0.906. The fraction of sp³-hybridized carbons (Fsp3) is 0.231. The molecule has 1 fully saturated rings. The Morgan fingerprint density at radius 3 is 2.75 bits per heavy atom. The first-order chi connectivity index (χ1) is 9.63. The summed E-state index contributed by atoms with van der Waals surface area (Å²) in [6.45, 7) is 1.56. The van der Waals surface area contributed by atoms with Crippen LogP contribution in [0.1, 0.15) is 10.6 Å². The van der Waals surface area contributed by atoms with E-state index in [0.717, 1.165) is 28.1 Å². The normalized spacial score (nSPS) is 15.1. The van der Waals surface area contributed by atoms with Crippen molar-refractivity contribution in [3.8, 4) is 11.3 Å². The Labute approximate surface area is 127 Å². The number of benzene rings is 1. The van der Waals surface area contributed by atoms with Crippen LogP contribution in [0.2, 0.25) is 0 Å². The lowest BCUT2D eigenvalue weighted by Crippen LogP contribution is -2.30. The highest BCUT2D eigenvalue weighted by atomic mass is 79.9. The van der Waals surface area contributed by atoms with Gasteiger partial charge in [0.25, 0.3) is 0 Å². The van der Waals surface area contributed by atoms with Crippen molar-refractivity contribution in [2.24, 2.45) is 0 Å². The lowest BCUT2D eigenvalue weighted by atomic mass is 10.1. The molecule has 7 heteroatoms. The van der Waals surface area contributed by atoms with Gasteiger partial charge in [-0.3, -0.25) is 0 Å². The maximum absolute atomic E-state index is 10.8. The van der Waals surface area contributed by atoms with Gasteiger partial charge in [0.2, 0.25) is 5.76 Å². The van der Waals surface area contributed by atoms with E-state index < -0.39 is 5.97 Å². The number of hydrogen-bond acceptors (Lipinski definition) is 5. The van der Waals surface area contributed by atoms with Gasteiger partial charge in [0.05, 0.1) is 18.5 Å². The van der Waals surface area contributed by atoms with E-state index in [2.05, 4.69) is 21.1 Å². The highest BCUT2D eigenvalue weighted by molar-refractivity contribution is 9.10. The zero-order valence-corrected chi connectivity index (χ0v) is 12.6. The van der Waals surface area contributed by atoms with Gasteiger partial charge in [0.1, 0.15) is 5.69 Å². The van der Waals surface area contributed by atoms with Crippen LogP contribution in [0.4, 0.5) is 0 Å². The predicted molar refractivity (Wildman–Crippen MR) is 77.1 cm³/mol. The highest BCUT2D eigenvalue weighted by Crippen LogP contribution is 2.35. The second-order valence-electron chi connectivity index (χ2n) is 4.30. The van der Waals surface area contributed by atoms with Crippen LogP contribution in [-0.4, -0.2) is 34.7 Å². The topological polar surface area (TPSA) is 72.6 Å². The van der Waals surface area contributed by atoms with Gasteiger partial charge in [-0.1, -0.05) is 11.2 Å². The molecule has 1 aromatic heterocycles. The Bertz CT molecular complexity index is 654. The predicted octanol–water partition coefficient (Wildman–Crippen LogP) is 3.29. The number of rotatable bonds is 4. The van der Waals surface area contributed by atoms with Crippen LogP contribution < -0.4 is 0 Å². The number of thioether (sulfide) groups is 1. The van der Waals surface area contributed by atoms with Gasteiger partial charge in [-0.2, -0.15) is 0 Å². The van der Waals surface area contributed by atoms with Gasteiger partial charge in [-0.25, -0.2) is 4.79 Å². The van der Waals surface area contributed by atoms with Crippen LogP contribution >= 0.6 is 27.7 Å². The summed E-state index contributed by atoms with van der Waals surface area (Å²) in [4.78, 5) is 11.9. The van der Waals surface area contributed by atoms with E-state index in [-0.39, 0.29) is 5.76 Å². The molecule has 5 nitrogen and oxygen atoms in total. The Balaban J connectivity index is 1.83. The molecule has 0 unspecified atom stereocenters. The minimum Gasteiger partial charge on any atom is -0.475 e. The number of carboxylic acids is 1. The summed E-state index contributed by atoms with van der Waals surface area (Å²) < 4.78 is 10.9. The molecule has 1 N–H and O–H groups in total. The van der Waals surface area contributed by atoms with Gasteiger partial charge in [-0.15, -0.1) is 11.8 Å². The minimum absolute atomic E-state index is 0.166. The van der Waals surface area contributed by atoms with Crippen LogP contribution in [0, 0.1) is 0 Å². The van der Waals surface area contributed by atoms with Gasteiger partial charge in [0, 0.05) is 21.0 Å². The van der Waals surface area contributed by atoms with Crippen LogP contribution in [0.3, 0.4) is 0 Å². The van der Waals surface area contributed by atoms with Crippen molar-refractivity contribution in [3.63, 3.8) is 0 Å². The molecule has 1 aliphatic heterocycles. The SMILES string of the molecule is O=C(O)c1cc(-c2ccc(SC3COC3)c(Br)c2)no1. The van der Waals surface area contributed by atoms with Crippen LogP contribution in [-0.2, 0) is 4.74 Å². The molecule has 3 rings (SSSR count). The van der Waals surface area contributed by atoms with Gasteiger partial charge < -0.3 is 14.4 Å². The number of hydrogen-bond donors (Lipinski definition) is 1. The van der Waals surface area contributed by atoms with Crippen LogP contribution in [0.5, 0.6) is 0 Å². The van der Waals surface area contributed by atoms with E-state index in [9.17, 15) is 4.79 Å². The van der Waals surface area contributed by atoms with E-state index in [1.807, 2.05) is 18.2 Å². The number of aromatic carboxylic acids is 1. The number of nitrogens with zero attached hydrogens (tertiary/aromatic N) is 1. The molecule has 2 aromatic rings. The summed E-state index contributed by atoms with van der Waals surface area (Å²) in [5, 5.41) is 13.1. The second kappa shape index (κ2) is 5.59. The largest absolute Gasteiger partial charge is 0.475 e. The van der Waals surface area contributed by atoms with E-state index in [1.54, 1.807) is 11.8 Å². The Morgan fingerprint density at radius 1 is 1.40 bits per heavy atom. The summed E-state index contributed by atoms with van der Waals surface area (Å²) in [5.41, 5.74) is 1.31. The van der Waals surface area contributed by atoms with Crippen molar-refractivity contribution in [2.45, 2.75) is 10.1 Å². The second-order valence-corrected chi connectivity index (χ2v) is 6.50. The Hall–Kier alpha value is -1.31. The molecule has 1 aliphatic rings. The fourth-order valence-corrected chi connectivity index (χ4v) is 3.39. The first-order valence-corrected chi connectivity index (χ1v) is 7.55.